The first-order chi connectivity index (χ1) is 8.71. The van der Waals surface area contributed by atoms with Crippen LogP contribution in [0.3, 0.4) is 0 Å². The second kappa shape index (κ2) is 8.06. The summed E-state index contributed by atoms with van der Waals surface area (Å²) in [6, 6.07) is 2.36. The summed E-state index contributed by atoms with van der Waals surface area (Å²) in [5, 5.41) is 11.9. The molecule has 1 heterocycles. The molecule has 0 radical (unpaired) electrons. The number of amides is 1. The lowest BCUT2D eigenvalue weighted by atomic mass is 10.2. The van der Waals surface area contributed by atoms with Crippen LogP contribution in [0.15, 0.2) is 0 Å². The van der Waals surface area contributed by atoms with E-state index in [1.165, 1.54) is 0 Å². The quantitative estimate of drug-likeness (QED) is 0.745. The van der Waals surface area contributed by atoms with Crippen LogP contribution in [0.5, 0.6) is 0 Å². The van der Waals surface area contributed by atoms with E-state index in [4.69, 9.17) is 5.26 Å². The minimum atomic E-state index is 0.0288. The van der Waals surface area contributed by atoms with Crippen LogP contribution in [0.25, 0.3) is 0 Å². The van der Waals surface area contributed by atoms with Crippen LogP contribution >= 0.6 is 0 Å². The highest BCUT2D eigenvalue weighted by atomic mass is 16.2. The molecule has 0 bridgehead atoms. The Hall–Kier alpha value is -1.12. The fourth-order valence-electron chi connectivity index (χ4n) is 2.19. The predicted molar refractivity (Wildman–Crippen MR) is 71.0 cm³/mol. The van der Waals surface area contributed by atoms with Crippen LogP contribution in [-0.4, -0.2) is 61.0 Å². The molecule has 1 amide bonds. The Balaban J connectivity index is 2.27. The number of hydrogen-bond acceptors (Lipinski definition) is 4. The first-order valence-corrected chi connectivity index (χ1v) is 6.84. The van der Waals surface area contributed by atoms with Gasteiger partial charge in [0, 0.05) is 32.7 Å². The van der Waals surface area contributed by atoms with Crippen molar-refractivity contribution in [2.45, 2.75) is 32.7 Å². The highest BCUT2D eigenvalue weighted by Crippen LogP contribution is 2.08. The largest absolute Gasteiger partial charge is 0.355 e. The van der Waals surface area contributed by atoms with E-state index in [0.29, 0.717) is 6.54 Å². The maximum atomic E-state index is 11.6. The highest BCUT2D eigenvalue weighted by Gasteiger charge is 2.23. The number of nitriles is 1. The molecule has 1 fully saturated rings. The summed E-state index contributed by atoms with van der Waals surface area (Å²) in [4.78, 5) is 15.9. The van der Waals surface area contributed by atoms with Crippen molar-refractivity contribution < 1.29 is 4.79 Å². The van der Waals surface area contributed by atoms with E-state index in [1.54, 1.807) is 0 Å². The molecule has 0 aliphatic carbocycles. The first-order valence-electron chi connectivity index (χ1n) is 6.84. The molecule has 1 rings (SSSR count). The third-order valence-corrected chi connectivity index (χ3v) is 3.32. The lowest BCUT2D eigenvalue weighted by Gasteiger charge is -2.36. The van der Waals surface area contributed by atoms with Crippen molar-refractivity contribution in [1.29, 1.82) is 5.26 Å². The number of nitrogens with one attached hydrogen (secondary N) is 1. The van der Waals surface area contributed by atoms with E-state index in [2.05, 4.69) is 21.2 Å². The first kappa shape index (κ1) is 14.9. The van der Waals surface area contributed by atoms with Gasteiger partial charge in [0.2, 0.25) is 5.91 Å². The molecular formula is C13H24N4O. The molecule has 0 aromatic carbocycles. The molecule has 1 aliphatic heterocycles. The van der Waals surface area contributed by atoms with Crippen molar-refractivity contribution in [3.05, 3.63) is 0 Å². The van der Waals surface area contributed by atoms with Gasteiger partial charge in [0.15, 0.2) is 0 Å². The Bertz CT molecular complexity index is 292. The zero-order valence-corrected chi connectivity index (χ0v) is 11.5. The van der Waals surface area contributed by atoms with Gasteiger partial charge < -0.3 is 5.32 Å². The lowest BCUT2D eigenvalue weighted by Crippen LogP contribution is -2.52. The maximum Gasteiger partial charge on any atom is 0.234 e. The van der Waals surface area contributed by atoms with Crippen molar-refractivity contribution >= 4 is 5.91 Å². The molecular weight excluding hydrogens is 228 g/mol. The minimum absolute atomic E-state index is 0.0288. The summed E-state index contributed by atoms with van der Waals surface area (Å²) in [6.45, 7) is 8.84. The van der Waals surface area contributed by atoms with E-state index in [-0.39, 0.29) is 11.9 Å². The number of hydrogen-bond donors (Lipinski definition) is 1. The SMILES string of the molecule is CCCNC(=O)CN1CCN(C(C#N)CC)CC1. The van der Waals surface area contributed by atoms with Crippen molar-refractivity contribution in [3.63, 3.8) is 0 Å². The van der Waals surface area contributed by atoms with Gasteiger partial charge in [-0.3, -0.25) is 14.6 Å². The van der Waals surface area contributed by atoms with Gasteiger partial charge in [-0.1, -0.05) is 13.8 Å². The summed E-state index contributed by atoms with van der Waals surface area (Å²) in [6.07, 6.45) is 1.84. The summed E-state index contributed by atoms with van der Waals surface area (Å²) < 4.78 is 0. The summed E-state index contributed by atoms with van der Waals surface area (Å²) in [5.41, 5.74) is 0. The van der Waals surface area contributed by atoms with E-state index in [0.717, 1.165) is 45.6 Å². The Morgan fingerprint density at radius 2 is 2.00 bits per heavy atom. The van der Waals surface area contributed by atoms with E-state index in [9.17, 15) is 4.79 Å². The Kier molecular flexibility index (Phi) is 6.69. The Morgan fingerprint density at radius 3 is 2.50 bits per heavy atom. The van der Waals surface area contributed by atoms with Gasteiger partial charge >= 0.3 is 0 Å². The molecule has 0 saturated carbocycles. The number of carbonyl (C=O) groups is 1. The van der Waals surface area contributed by atoms with Crippen LogP contribution in [0.1, 0.15) is 26.7 Å². The Labute approximate surface area is 110 Å². The molecule has 0 aromatic heterocycles. The van der Waals surface area contributed by atoms with Gasteiger partial charge in [0.25, 0.3) is 0 Å². The van der Waals surface area contributed by atoms with Crippen molar-refractivity contribution in [1.82, 2.24) is 15.1 Å². The Morgan fingerprint density at radius 1 is 1.33 bits per heavy atom. The van der Waals surface area contributed by atoms with Crippen LogP contribution < -0.4 is 5.32 Å². The number of nitrogens with zero attached hydrogens (tertiary/aromatic N) is 3. The van der Waals surface area contributed by atoms with E-state index >= 15 is 0 Å². The van der Waals surface area contributed by atoms with Gasteiger partial charge in [-0.25, -0.2) is 0 Å². The van der Waals surface area contributed by atoms with Crippen molar-refractivity contribution in [2.24, 2.45) is 0 Å². The van der Waals surface area contributed by atoms with Gasteiger partial charge in [0.05, 0.1) is 18.7 Å². The smallest absolute Gasteiger partial charge is 0.234 e. The third kappa shape index (κ3) is 4.63. The molecule has 0 spiro atoms. The highest BCUT2D eigenvalue weighted by molar-refractivity contribution is 5.77. The predicted octanol–water partition coefficient (Wildman–Crippen LogP) is 0.432. The lowest BCUT2D eigenvalue weighted by molar-refractivity contribution is -0.122. The zero-order valence-electron chi connectivity index (χ0n) is 11.5. The van der Waals surface area contributed by atoms with Crippen LogP contribution in [0.2, 0.25) is 0 Å². The van der Waals surface area contributed by atoms with Gasteiger partial charge in [0.1, 0.15) is 0 Å². The summed E-state index contributed by atoms with van der Waals surface area (Å²) >= 11 is 0. The number of rotatable bonds is 6. The maximum absolute atomic E-state index is 11.6. The second-order valence-corrected chi connectivity index (χ2v) is 4.72. The molecule has 5 nitrogen and oxygen atoms in total. The van der Waals surface area contributed by atoms with Gasteiger partial charge in [-0.05, 0) is 12.8 Å². The van der Waals surface area contributed by atoms with Crippen LogP contribution in [0, 0.1) is 11.3 Å². The van der Waals surface area contributed by atoms with E-state index < -0.39 is 0 Å². The monoisotopic (exact) mass is 252 g/mol. The summed E-state index contributed by atoms with van der Waals surface area (Å²) in [7, 11) is 0. The zero-order chi connectivity index (χ0) is 13.4. The van der Waals surface area contributed by atoms with Crippen LogP contribution in [0.4, 0.5) is 0 Å². The molecule has 1 saturated heterocycles. The number of carbonyl (C=O) groups excluding carboxylic acids is 1. The minimum Gasteiger partial charge on any atom is -0.355 e. The standard InChI is InChI=1S/C13H24N4O/c1-3-5-15-13(18)11-16-6-8-17(9-7-16)12(4-2)10-14/h12H,3-9,11H2,1-2H3,(H,15,18). The molecule has 5 heteroatoms. The molecule has 1 unspecified atom stereocenters. The van der Waals surface area contributed by atoms with E-state index in [1.807, 2.05) is 13.8 Å². The van der Waals surface area contributed by atoms with Gasteiger partial charge in [-0.2, -0.15) is 5.26 Å². The number of piperazine rings is 1. The topological polar surface area (TPSA) is 59.4 Å². The third-order valence-electron chi connectivity index (χ3n) is 3.32. The molecule has 1 N–H and O–H groups in total. The fourth-order valence-corrected chi connectivity index (χ4v) is 2.19. The fraction of sp³-hybridized carbons (Fsp3) is 0.846. The van der Waals surface area contributed by atoms with Gasteiger partial charge in [-0.15, -0.1) is 0 Å². The van der Waals surface area contributed by atoms with Crippen LogP contribution in [-0.2, 0) is 4.79 Å². The normalized spacial score (nSPS) is 19.2. The second-order valence-electron chi connectivity index (χ2n) is 4.72. The molecule has 18 heavy (non-hydrogen) atoms. The average molecular weight is 252 g/mol. The molecule has 1 aliphatic rings. The summed E-state index contributed by atoms with van der Waals surface area (Å²) in [5.74, 6) is 0.109. The molecule has 1 atom stereocenters. The average Bonchev–Trinajstić information content (AvgIpc) is 2.40. The van der Waals surface area contributed by atoms with Crippen molar-refractivity contribution in [3.8, 4) is 6.07 Å². The molecule has 0 aromatic rings. The van der Waals surface area contributed by atoms with Crippen molar-refractivity contribution in [2.75, 3.05) is 39.3 Å². The molecule has 102 valence electrons.